The van der Waals surface area contributed by atoms with E-state index in [1.54, 1.807) is 24.3 Å². The molecular weight excluding hydrogens is 351 g/mol. The third kappa shape index (κ3) is 3.64. The van der Waals surface area contributed by atoms with Gasteiger partial charge in [-0.25, -0.2) is 0 Å². The first-order valence-corrected chi connectivity index (χ1v) is 7.50. The predicted octanol–water partition coefficient (Wildman–Crippen LogP) is 3.14. The van der Waals surface area contributed by atoms with E-state index < -0.39 is 12.1 Å². The van der Waals surface area contributed by atoms with Gasteiger partial charge in [-0.1, -0.05) is 40.2 Å². The van der Waals surface area contributed by atoms with Crippen LogP contribution >= 0.6 is 15.9 Å². The van der Waals surface area contributed by atoms with Gasteiger partial charge in [0.15, 0.2) is 5.78 Å². The SMILES string of the molecule is O=C(CBr)c1ccc([C@H]2CCN(C(=O)C(F)(F)F)C2)cc1. The van der Waals surface area contributed by atoms with Crippen molar-refractivity contribution in [1.82, 2.24) is 4.90 Å². The Balaban J connectivity index is 2.05. The van der Waals surface area contributed by atoms with E-state index in [0.29, 0.717) is 12.0 Å². The lowest BCUT2D eigenvalue weighted by Gasteiger charge is -2.18. The quantitative estimate of drug-likeness (QED) is 0.611. The summed E-state index contributed by atoms with van der Waals surface area (Å²) in [5.74, 6) is -1.96. The lowest BCUT2D eigenvalue weighted by Crippen LogP contribution is -2.39. The summed E-state index contributed by atoms with van der Waals surface area (Å²) in [5.41, 5.74) is 1.40. The fourth-order valence-electron chi connectivity index (χ4n) is 2.41. The highest BCUT2D eigenvalue weighted by molar-refractivity contribution is 9.09. The van der Waals surface area contributed by atoms with Crippen molar-refractivity contribution in [2.75, 3.05) is 18.4 Å². The Morgan fingerprint density at radius 1 is 1.24 bits per heavy atom. The number of hydrogen-bond donors (Lipinski definition) is 0. The minimum Gasteiger partial charge on any atom is -0.334 e. The van der Waals surface area contributed by atoms with Gasteiger partial charge in [-0.05, 0) is 12.0 Å². The van der Waals surface area contributed by atoms with E-state index in [-0.39, 0.29) is 30.1 Å². The number of amides is 1. The summed E-state index contributed by atoms with van der Waals surface area (Å²) in [4.78, 5) is 23.5. The summed E-state index contributed by atoms with van der Waals surface area (Å²) in [7, 11) is 0. The molecule has 2 rings (SSSR count). The third-order valence-corrected chi connectivity index (χ3v) is 4.05. The van der Waals surface area contributed by atoms with E-state index in [1.807, 2.05) is 0 Å². The van der Waals surface area contributed by atoms with Crippen LogP contribution in [0, 0.1) is 0 Å². The molecule has 0 bridgehead atoms. The average Bonchev–Trinajstić information content (AvgIpc) is 2.94. The number of carbonyl (C=O) groups is 2. The van der Waals surface area contributed by atoms with Gasteiger partial charge < -0.3 is 4.90 Å². The molecule has 1 aliphatic heterocycles. The standard InChI is InChI=1S/C14H13BrF3NO2/c15-7-12(20)10-3-1-9(2-4-10)11-5-6-19(8-11)13(21)14(16,17)18/h1-4,11H,5-8H2/t11-/m0/s1. The Labute approximate surface area is 128 Å². The smallest absolute Gasteiger partial charge is 0.334 e. The summed E-state index contributed by atoms with van der Waals surface area (Å²) in [6, 6.07) is 6.80. The zero-order valence-electron chi connectivity index (χ0n) is 11.0. The molecule has 3 nitrogen and oxygen atoms in total. The molecule has 21 heavy (non-hydrogen) atoms. The average molecular weight is 364 g/mol. The highest BCUT2D eigenvalue weighted by atomic mass is 79.9. The van der Waals surface area contributed by atoms with Crippen LogP contribution in [0.1, 0.15) is 28.3 Å². The van der Waals surface area contributed by atoms with Crippen molar-refractivity contribution in [2.45, 2.75) is 18.5 Å². The number of nitrogens with zero attached hydrogens (tertiary/aromatic N) is 1. The largest absolute Gasteiger partial charge is 0.471 e. The molecule has 1 heterocycles. The molecule has 1 aromatic rings. The Morgan fingerprint density at radius 2 is 1.86 bits per heavy atom. The van der Waals surface area contributed by atoms with Gasteiger partial charge in [-0.15, -0.1) is 0 Å². The number of alkyl halides is 4. The maximum absolute atomic E-state index is 12.4. The molecule has 7 heteroatoms. The molecule has 1 saturated heterocycles. The minimum absolute atomic E-state index is 0.0538. The van der Waals surface area contributed by atoms with Gasteiger partial charge in [0.1, 0.15) is 0 Å². The molecule has 1 aromatic carbocycles. The van der Waals surface area contributed by atoms with Gasteiger partial charge in [0.05, 0.1) is 5.33 Å². The monoisotopic (exact) mass is 363 g/mol. The van der Waals surface area contributed by atoms with Crippen molar-refractivity contribution >= 4 is 27.6 Å². The number of hydrogen-bond acceptors (Lipinski definition) is 2. The molecule has 0 N–H and O–H groups in total. The van der Waals surface area contributed by atoms with Crippen LogP contribution in [0.25, 0.3) is 0 Å². The van der Waals surface area contributed by atoms with Crippen molar-refractivity contribution in [1.29, 1.82) is 0 Å². The first kappa shape index (κ1) is 16.0. The topological polar surface area (TPSA) is 37.4 Å². The summed E-state index contributed by atoms with van der Waals surface area (Å²) < 4.78 is 37.1. The molecule has 0 radical (unpaired) electrons. The van der Waals surface area contributed by atoms with Gasteiger partial charge in [0, 0.05) is 24.6 Å². The highest BCUT2D eigenvalue weighted by Crippen LogP contribution is 2.30. The predicted molar refractivity (Wildman–Crippen MR) is 74.6 cm³/mol. The van der Waals surface area contributed by atoms with E-state index in [4.69, 9.17) is 0 Å². The number of likely N-dealkylation sites (tertiary alicyclic amines) is 1. The molecule has 0 aliphatic carbocycles. The Kier molecular flexibility index (Phi) is 4.70. The van der Waals surface area contributed by atoms with Gasteiger partial charge in [0.25, 0.3) is 0 Å². The normalized spacial score (nSPS) is 18.9. The van der Waals surface area contributed by atoms with E-state index in [0.717, 1.165) is 10.5 Å². The summed E-state index contributed by atoms with van der Waals surface area (Å²) >= 11 is 3.08. The zero-order chi connectivity index (χ0) is 15.6. The van der Waals surface area contributed by atoms with Crippen molar-refractivity contribution in [3.8, 4) is 0 Å². The molecule has 1 atom stereocenters. The first-order valence-electron chi connectivity index (χ1n) is 6.38. The summed E-state index contributed by atoms with van der Waals surface area (Å²) in [6.45, 7) is 0.162. The van der Waals surface area contributed by atoms with Crippen LogP contribution in [0.3, 0.4) is 0 Å². The van der Waals surface area contributed by atoms with Crippen LogP contribution in [-0.2, 0) is 4.79 Å². The van der Waals surface area contributed by atoms with Gasteiger partial charge in [-0.2, -0.15) is 13.2 Å². The number of benzene rings is 1. The molecule has 1 fully saturated rings. The fraction of sp³-hybridized carbons (Fsp3) is 0.429. The lowest BCUT2D eigenvalue weighted by molar-refractivity contribution is -0.184. The molecular formula is C14H13BrF3NO2. The number of ketones is 1. The first-order chi connectivity index (χ1) is 9.82. The minimum atomic E-state index is -4.82. The van der Waals surface area contributed by atoms with Gasteiger partial charge >= 0.3 is 12.1 Å². The molecule has 0 saturated carbocycles. The number of Topliss-reactive ketones (excluding diaryl/α,β-unsaturated/α-hetero) is 1. The second-order valence-electron chi connectivity index (χ2n) is 4.91. The van der Waals surface area contributed by atoms with Crippen molar-refractivity contribution in [2.24, 2.45) is 0 Å². The van der Waals surface area contributed by atoms with Crippen LogP contribution < -0.4 is 0 Å². The second kappa shape index (κ2) is 6.17. The van der Waals surface area contributed by atoms with E-state index in [9.17, 15) is 22.8 Å². The Morgan fingerprint density at radius 3 is 2.38 bits per heavy atom. The van der Waals surface area contributed by atoms with E-state index in [2.05, 4.69) is 15.9 Å². The number of carbonyl (C=O) groups excluding carboxylic acids is 2. The molecule has 114 valence electrons. The maximum atomic E-state index is 12.4. The van der Waals surface area contributed by atoms with E-state index in [1.165, 1.54) is 0 Å². The molecule has 0 aromatic heterocycles. The summed E-state index contributed by atoms with van der Waals surface area (Å²) in [5, 5.41) is 0.226. The molecule has 1 aliphatic rings. The van der Waals surface area contributed by atoms with Crippen molar-refractivity contribution in [3.63, 3.8) is 0 Å². The van der Waals surface area contributed by atoms with Crippen molar-refractivity contribution in [3.05, 3.63) is 35.4 Å². The molecule has 1 amide bonds. The lowest BCUT2D eigenvalue weighted by atomic mass is 9.97. The van der Waals surface area contributed by atoms with Crippen LogP contribution in [0.4, 0.5) is 13.2 Å². The van der Waals surface area contributed by atoms with Crippen LogP contribution in [-0.4, -0.2) is 41.2 Å². The zero-order valence-corrected chi connectivity index (χ0v) is 12.6. The van der Waals surface area contributed by atoms with Crippen LogP contribution in [0.5, 0.6) is 0 Å². The highest BCUT2D eigenvalue weighted by Gasteiger charge is 2.44. The second-order valence-corrected chi connectivity index (χ2v) is 5.47. The number of rotatable bonds is 3. The number of halogens is 4. The molecule has 0 unspecified atom stereocenters. The Hall–Kier alpha value is -1.37. The van der Waals surface area contributed by atoms with Crippen LogP contribution in [0.15, 0.2) is 24.3 Å². The van der Waals surface area contributed by atoms with Crippen LogP contribution in [0.2, 0.25) is 0 Å². The van der Waals surface area contributed by atoms with Gasteiger partial charge in [-0.3, -0.25) is 9.59 Å². The van der Waals surface area contributed by atoms with Gasteiger partial charge in [0.2, 0.25) is 0 Å². The Bertz CT molecular complexity index is 542. The fourth-order valence-corrected chi connectivity index (χ4v) is 2.74. The van der Waals surface area contributed by atoms with Crippen molar-refractivity contribution < 1.29 is 22.8 Å². The van der Waals surface area contributed by atoms with E-state index >= 15 is 0 Å². The third-order valence-electron chi connectivity index (χ3n) is 3.54. The maximum Gasteiger partial charge on any atom is 0.471 e. The molecule has 0 spiro atoms. The summed E-state index contributed by atoms with van der Waals surface area (Å²) in [6.07, 6.45) is -4.32.